The molecule has 2 aromatic rings. The Bertz CT molecular complexity index is 625. The second kappa shape index (κ2) is 5.83. The topological polar surface area (TPSA) is 68.3 Å². The second-order valence-corrected chi connectivity index (χ2v) is 4.59. The number of aryl methyl sites for hydroxylation is 1. The lowest BCUT2D eigenvalue weighted by Crippen LogP contribution is -2.17. The van der Waals surface area contributed by atoms with Gasteiger partial charge >= 0.3 is 5.69 Å². The molecule has 0 fully saturated rings. The zero-order valence-corrected chi connectivity index (χ0v) is 11.2. The van der Waals surface area contributed by atoms with Crippen molar-refractivity contribution in [3.63, 3.8) is 0 Å². The molecule has 1 heterocycles. The van der Waals surface area contributed by atoms with Crippen molar-refractivity contribution in [3.8, 4) is 0 Å². The van der Waals surface area contributed by atoms with Gasteiger partial charge in [0.25, 0.3) is 0 Å². The molecule has 1 unspecified atom stereocenters. The van der Waals surface area contributed by atoms with Gasteiger partial charge in [0.05, 0.1) is 11.0 Å². The Morgan fingerprint density at radius 1 is 1.40 bits per heavy atom. The molecule has 2 rings (SSSR count). The molecular weight excluding hydrogens is 263 g/mol. The average Bonchev–Trinajstić information content (AvgIpc) is 2.82. The maximum Gasteiger partial charge on any atom is 0.304 e. The number of nitrogens with zero attached hydrogens (tertiary/aromatic N) is 1. The van der Waals surface area contributed by atoms with Gasteiger partial charge in [0.1, 0.15) is 11.5 Å². The zero-order valence-electron chi connectivity index (χ0n) is 11.2. The van der Waals surface area contributed by atoms with Gasteiger partial charge in [0.15, 0.2) is 0 Å². The first kappa shape index (κ1) is 14.2. The Labute approximate surface area is 115 Å². The highest BCUT2D eigenvalue weighted by Crippen LogP contribution is 2.19. The molecule has 0 radical (unpaired) electrons. The van der Waals surface area contributed by atoms with Gasteiger partial charge in [-0.25, -0.2) is 0 Å². The fourth-order valence-corrected chi connectivity index (χ4v) is 1.87. The number of furan rings is 1. The molecule has 0 spiro atoms. The molecule has 106 valence electrons. The van der Waals surface area contributed by atoms with Gasteiger partial charge < -0.3 is 9.73 Å². The smallest absolute Gasteiger partial charge is 0.304 e. The van der Waals surface area contributed by atoms with Crippen LogP contribution in [0.25, 0.3) is 0 Å². The Morgan fingerprint density at radius 3 is 2.70 bits per heavy atom. The lowest BCUT2D eigenvalue weighted by atomic mass is 10.1. The van der Waals surface area contributed by atoms with E-state index in [1.54, 1.807) is 0 Å². The summed E-state index contributed by atoms with van der Waals surface area (Å²) in [5, 5.41) is 13.7. The summed E-state index contributed by atoms with van der Waals surface area (Å²) < 4.78 is 18.9. The molecule has 1 aromatic carbocycles. The van der Waals surface area contributed by atoms with Gasteiger partial charge in [-0.2, -0.15) is 4.39 Å². The van der Waals surface area contributed by atoms with Gasteiger partial charge in [0.2, 0.25) is 5.82 Å². The Morgan fingerprint density at radius 2 is 2.15 bits per heavy atom. The number of nitro groups is 1. The highest BCUT2D eigenvalue weighted by atomic mass is 19.1. The van der Waals surface area contributed by atoms with Crippen LogP contribution in [0, 0.1) is 22.9 Å². The highest BCUT2D eigenvalue weighted by Gasteiger charge is 2.14. The minimum atomic E-state index is -0.823. The van der Waals surface area contributed by atoms with Crippen LogP contribution in [-0.2, 0) is 6.54 Å². The van der Waals surface area contributed by atoms with Crippen LogP contribution in [0.2, 0.25) is 0 Å². The second-order valence-electron chi connectivity index (χ2n) is 4.59. The van der Waals surface area contributed by atoms with E-state index in [0.29, 0.717) is 12.1 Å². The summed E-state index contributed by atoms with van der Waals surface area (Å²) in [6, 6.07) is 7.61. The third kappa shape index (κ3) is 3.21. The first-order valence-corrected chi connectivity index (χ1v) is 6.20. The van der Waals surface area contributed by atoms with E-state index in [-0.39, 0.29) is 6.04 Å². The molecule has 1 aromatic heterocycles. The van der Waals surface area contributed by atoms with Crippen molar-refractivity contribution in [2.75, 3.05) is 0 Å². The van der Waals surface area contributed by atoms with Gasteiger partial charge in [-0.15, -0.1) is 0 Å². The summed E-state index contributed by atoms with van der Waals surface area (Å²) in [6.45, 7) is 4.19. The highest BCUT2D eigenvalue weighted by molar-refractivity contribution is 5.35. The van der Waals surface area contributed by atoms with E-state index in [1.807, 2.05) is 26.0 Å². The number of rotatable bonds is 5. The predicted molar refractivity (Wildman–Crippen MR) is 71.8 cm³/mol. The largest absolute Gasteiger partial charge is 0.465 e. The number of nitro benzene ring substituents is 1. The monoisotopic (exact) mass is 278 g/mol. The van der Waals surface area contributed by atoms with Crippen molar-refractivity contribution in [2.24, 2.45) is 0 Å². The molecule has 0 amide bonds. The summed E-state index contributed by atoms with van der Waals surface area (Å²) >= 11 is 0. The molecule has 0 saturated carbocycles. The quantitative estimate of drug-likeness (QED) is 0.671. The van der Waals surface area contributed by atoms with Gasteiger partial charge in [-0.3, -0.25) is 10.1 Å². The minimum Gasteiger partial charge on any atom is -0.465 e. The Hall–Kier alpha value is -2.21. The fourth-order valence-electron chi connectivity index (χ4n) is 1.87. The summed E-state index contributed by atoms with van der Waals surface area (Å²) in [7, 11) is 0. The van der Waals surface area contributed by atoms with E-state index in [1.165, 1.54) is 18.2 Å². The fraction of sp³-hybridized carbons (Fsp3) is 0.286. The maximum absolute atomic E-state index is 13.5. The predicted octanol–water partition coefficient (Wildman–Crippen LogP) is 3.49. The van der Waals surface area contributed by atoms with Crippen LogP contribution in [0.5, 0.6) is 0 Å². The summed E-state index contributed by atoms with van der Waals surface area (Å²) in [4.78, 5) is 9.79. The zero-order chi connectivity index (χ0) is 14.7. The minimum absolute atomic E-state index is 0.0260. The van der Waals surface area contributed by atoms with Crippen molar-refractivity contribution in [3.05, 3.63) is 63.3 Å². The summed E-state index contributed by atoms with van der Waals surface area (Å²) in [5.41, 5.74) is 0.131. The van der Waals surface area contributed by atoms with E-state index < -0.39 is 16.4 Å². The third-order valence-corrected chi connectivity index (χ3v) is 3.01. The molecular formula is C14H15FN2O3. The van der Waals surface area contributed by atoms with E-state index in [4.69, 9.17) is 4.42 Å². The van der Waals surface area contributed by atoms with Crippen LogP contribution in [0.1, 0.15) is 30.0 Å². The van der Waals surface area contributed by atoms with E-state index in [0.717, 1.165) is 11.5 Å². The number of hydrogen-bond donors (Lipinski definition) is 1. The summed E-state index contributed by atoms with van der Waals surface area (Å²) in [5.74, 6) is 0.802. The van der Waals surface area contributed by atoms with Crippen LogP contribution < -0.4 is 5.32 Å². The normalized spacial score (nSPS) is 12.3. The van der Waals surface area contributed by atoms with Gasteiger partial charge in [-0.05, 0) is 37.6 Å². The van der Waals surface area contributed by atoms with Gasteiger partial charge in [0, 0.05) is 12.6 Å². The van der Waals surface area contributed by atoms with Crippen LogP contribution in [0.4, 0.5) is 10.1 Å². The molecule has 6 heteroatoms. The standard InChI is InChI=1S/C14H15FN2O3/c1-9-3-6-14(20-9)10(2)16-8-11-4-5-13(17(18)19)12(15)7-11/h3-7,10,16H,8H2,1-2H3. The van der Waals surface area contributed by atoms with Crippen molar-refractivity contribution < 1.29 is 13.7 Å². The lowest BCUT2D eigenvalue weighted by Gasteiger charge is -2.11. The number of hydrogen-bond acceptors (Lipinski definition) is 4. The molecule has 0 saturated heterocycles. The van der Waals surface area contributed by atoms with Crippen molar-refractivity contribution in [1.29, 1.82) is 0 Å². The van der Waals surface area contributed by atoms with E-state index in [2.05, 4.69) is 5.32 Å². The molecule has 0 aliphatic carbocycles. The molecule has 20 heavy (non-hydrogen) atoms. The van der Waals surface area contributed by atoms with E-state index >= 15 is 0 Å². The van der Waals surface area contributed by atoms with Crippen molar-refractivity contribution in [1.82, 2.24) is 5.32 Å². The third-order valence-electron chi connectivity index (χ3n) is 3.01. The number of nitrogens with one attached hydrogen (secondary N) is 1. The van der Waals surface area contributed by atoms with Crippen molar-refractivity contribution in [2.45, 2.75) is 26.4 Å². The lowest BCUT2D eigenvalue weighted by molar-refractivity contribution is -0.387. The van der Waals surface area contributed by atoms with E-state index in [9.17, 15) is 14.5 Å². The Balaban J connectivity index is 2.00. The molecule has 0 aliphatic heterocycles. The molecule has 5 nitrogen and oxygen atoms in total. The molecule has 1 N–H and O–H groups in total. The molecule has 0 aliphatic rings. The number of halogens is 1. The van der Waals surface area contributed by atoms with Gasteiger partial charge in [-0.1, -0.05) is 6.07 Å². The Kier molecular flexibility index (Phi) is 4.14. The number of benzene rings is 1. The van der Waals surface area contributed by atoms with Crippen LogP contribution in [0.15, 0.2) is 34.7 Å². The maximum atomic E-state index is 13.5. The summed E-state index contributed by atoms with van der Waals surface area (Å²) in [6.07, 6.45) is 0. The SMILES string of the molecule is Cc1ccc(C(C)NCc2ccc([N+](=O)[O-])c(F)c2)o1. The molecule has 0 bridgehead atoms. The van der Waals surface area contributed by atoms with Crippen LogP contribution in [-0.4, -0.2) is 4.92 Å². The molecule has 1 atom stereocenters. The van der Waals surface area contributed by atoms with Crippen LogP contribution in [0.3, 0.4) is 0 Å². The average molecular weight is 278 g/mol. The first-order chi connectivity index (χ1) is 9.47. The van der Waals surface area contributed by atoms with Crippen LogP contribution >= 0.6 is 0 Å². The first-order valence-electron chi connectivity index (χ1n) is 6.20. The van der Waals surface area contributed by atoms with Crippen molar-refractivity contribution >= 4 is 5.69 Å².